The Morgan fingerprint density at radius 2 is 2.14 bits per heavy atom. The number of aromatic nitrogens is 1. The first-order valence-corrected chi connectivity index (χ1v) is 7.72. The maximum Gasteiger partial charge on any atom is 0.122 e. The van der Waals surface area contributed by atoms with Gasteiger partial charge in [0.25, 0.3) is 0 Å². The number of likely N-dealkylation sites (tertiary alicyclic amines) is 1. The summed E-state index contributed by atoms with van der Waals surface area (Å²) in [6, 6.07) is 8.58. The van der Waals surface area contributed by atoms with Crippen molar-refractivity contribution >= 4 is 0 Å². The summed E-state index contributed by atoms with van der Waals surface area (Å²) in [5.41, 5.74) is 2.28. The van der Waals surface area contributed by atoms with Crippen LogP contribution in [0, 0.1) is 6.92 Å². The first-order chi connectivity index (χ1) is 10.3. The molecule has 1 saturated heterocycles. The fourth-order valence-electron chi connectivity index (χ4n) is 2.90. The molecule has 0 aliphatic carbocycles. The predicted octanol–water partition coefficient (Wildman–Crippen LogP) is 2.91. The lowest BCUT2D eigenvalue weighted by Gasteiger charge is -2.26. The normalized spacial score (nSPS) is 17.2. The largest absolute Gasteiger partial charge is 0.468 e. The van der Waals surface area contributed by atoms with Crippen LogP contribution in [0.15, 0.2) is 41.1 Å². The van der Waals surface area contributed by atoms with Crippen molar-refractivity contribution in [2.75, 3.05) is 19.6 Å². The van der Waals surface area contributed by atoms with Crippen LogP contribution < -0.4 is 5.32 Å². The molecule has 0 amide bonds. The zero-order chi connectivity index (χ0) is 14.5. The summed E-state index contributed by atoms with van der Waals surface area (Å²) in [5.74, 6) is 1.06. The summed E-state index contributed by atoms with van der Waals surface area (Å²) >= 11 is 0. The van der Waals surface area contributed by atoms with Crippen LogP contribution in [0.3, 0.4) is 0 Å². The Hall–Kier alpha value is -1.65. The van der Waals surface area contributed by atoms with Crippen LogP contribution in [-0.2, 0) is 6.54 Å². The van der Waals surface area contributed by atoms with Gasteiger partial charge in [-0.1, -0.05) is 6.07 Å². The lowest BCUT2D eigenvalue weighted by atomic mass is 10.2. The van der Waals surface area contributed by atoms with E-state index in [2.05, 4.69) is 33.4 Å². The Balaban J connectivity index is 1.58. The fourth-order valence-corrected chi connectivity index (χ4v) is 2.90. The van der Waals surface area contributed by atoms with Gasteiger partial charge in [-0.2, -0.15) is 0 Å². The molecule has 1 fully saturated rings. The highest BCUT2D eigenvalue weighted by Crippen LogP contribution is 2.24. The Labute approximate surface area is 126 Å². The molecule has 1 unspecified atom stereocenters. The van der Waals surface area contributed by atoms with Crippen LogP contribution in [0.25, 0.3) is 0 Å². The molecule has 112 valence electrons. The van der Waals surface area contributed by atoms with Gasteiger partial charge in [-0.15, -0.1) is 0 Å². The third-order valence-electron chi connectivity index (χ3n) is 4.09. The summed E-state index contributed by atoms with van der Waals surface area (Å²) in [4.78, 5) is 6.85. The van der Waals surface area contributed by atoms with Crippen LogP contribution in [0.4, 0.5) is 0 Å². The summed E-state index contributed by atoms with van der Waals surface area (Å²) in [6.45, 7) is 6.09. The lowest BCUT2D eigenvalue weighted by molar-refractivity contribution is 0.209. The standard InChI is InChI=1S/C17H23N3O/c1-14-6-7-15(12-19-14)11-18-13-16(17-5-4-10-21-17)20-8-2-3-9-20/h4-7,10,12,16,18H,2-3,8-9,11,13H2,1H3. The van der Waals surface area contributed by atoms with E-state index in [1.54, 1.807) is 6.26 Å². The van der Waals surface area contributed by atoms with E-state index in [4.69, 9.17) is 4.42 Å². The van der Waals surface area contributed by atoms with Crippen molar-refractivity contribution in [2.45, 2.75) is 32.4 Å². The first kappa shape index (κ1) is 14.3. The molecule has 1 N–H and O–H groups in total. The number of nitrogens with one attached hydrogen (secondary N) is 1. The molecule has 1 aliphatic heterocycles. The molecular weight excluding hydrogens is 262 g/mol. The summed E-state index contributed by atoms with van der Waals surface area (Å²) in [5, 5.41) is 3.54. The van der Waals surface area contributed by atoms with Gasteiger partial charge in [0.15, 0.2) is 0 Å². The minimum atomic E-state index is 0.334. The molecule has 0 spiro atoms. The number of furan rings is 1. The molecule has 0 bridgehead atoms. The molecule has 1 atom stereocenters. The predicted molar refractivity (Wildman–Crippen MR) is 82.9 cm³/mol. The average Bonchev–Trinajstić information content (AvgIpc) is 3.19. The second-order valence-corrected chi connectivity index (χ2v) is 5.71. The van der Waals surface area contributed by atoms with Crippen LogP contribution in [0.5, 0.6) is 0 Å². The van der Waals surface area contributed by atoms with Gasteiger partial charge < -0.3 is 9.73 Å². The van der Waals surface area contributed by atoms with E-state index in [9.17, 15) is 0 Å². The highest BCUT2D eigenvalue weighted by atomic mass is 16.3. The van der Waals surface area contributed by atoms with Gasteiger partial charge >= 0.3 is 0 Å². The molecule has 4 heteroatoms. The minimum Gasteiger partial charge on any atom is -0.468 e. The van der Waals surface area contributed by atoms with E-state index >= 15 is 0 Å². The summed E-state index contributed by atoms with van der Waals surface area (Å²) in [7, 11) is 0. The van der Waals surface area contributed by atoms with Crippen molar-refractivity contribution in [3.8, 4) is 0 Å². The molecule has 2 aromatic rings. The van der Waals surface area contributed by atoms with Crippen molar-refractivity contribution in [1.29, 1.82) is 0 Å². The van der Waals surface area contributed by atoms with Crippen molar-refractivity contribution in [2.24, 2.45) is 0 Å². The van der Waals surface area contributed by atoms with E-state index < -0.39 is 0 Å². The summed E-state index contributed by atoms with van der Waals surface area (Å²) < 4.78 is 5.63. The lowest BCUT2D eigenvalue weighted by Crippen LogP contribution is -2.33. The molecule has 21 heavy (non-hydrogen) atoms. The number of hydrogen-bond acceptors (Lipinski definition) is 4. The van der Waals surface area contributed by atoms with E-state index in [0.29, 0.717) is 6.04 Å². The second-order valence-electron chi connectivity index (χ2n) is 5.71. The smallest absolute Gasteiger partial charge is 0.122 e. The average molecular weight is 285 g/mol. The van der Waals surface area contributed by atoms with Gasteiger partial charge in [0.05, 0.1) is 12.3 Å². The Morgan fingerprint density at radius 3 is 2.81 bits per heavy atom. The van der Waals surface area contributed by atoms with Crippen molar-refractivity contribution in [3.05, 3.63) is 53.7 Å². The topological polar surface area (TPSA) is 41.3 Å². The zero-order valence-corrected chi connectivity index (χ0v) is 12.6. The van der Waals surface area contributed by atoms with Gasteiger partial charge in [0, 0.05) is 25.0 Å². The van der Waals surface area contributed by atoms with Crippen molar-refractivity contribution in [3.63, 3.8) is 0 Å². The number of rotatable bonds is 6. The molecule has 0 aromatic carbocycles. The van der Waals surface area contributed by atoms with Crippen molar-refractivity contribution < 1.29 is 4.42 Å². The number of pyridine rings is 1. The third kappa shape index (κ3) is 3.71. The molecule has 4 nitrogen and oxygen atoms in total. The monoisotopic (exact) mass is 285 g/mol. The van der Waals surface area contributed by atoms with Crippen LogP contribution in [0.1, 0.15) is 35.9 Å². The third-order valence-corrected chi connectivity index (χ3v) is 4.09. The number of aryl methyl sites for hydroxylation is 1. The minimum absolute atomic E-state index is 0.334. The molecule has 3 heterocycles. The highest BCUT2D eigenvalue weighted by molar-refractivity contribution is 5.13. The number of hydrogen-bond donors (Lipinski definition) is 1. The molecular formula is C17H23N3O. The van der Waals surface area contributed by atoms with Gasteiger partial charge in [-0.05, 0) is 56.6 Å². The molecule has 0 radical (unpaired) electrons. The van der Waals surface area contributed by atoms with Crippen molar-refractivity contribution in [1.82, 2.24) is 15.2 Å². The van der Waals surface area contributed by atoms with E-state index in [-0.39, 0.29) is 0 Å². The molecule has 3 rings (SSSR count). The van der Waals surface area contributed by atoms with E-state index in [0.717, 1.165) is 24.5 Å². The Bertz CT molecular complexity index is 530. The second kappa shape index (κ2) is 6.87. The highest BCUT2D eigenvalue weighted by Gasteiger charge is 2.24. The molecule has 2 aromatic heterocycles. The quantitative estimate of drug-likeness (QED) is 0.886. The molecule has 0 saturated carbocycles. The SMILES string of the molecule is Cc1ccc(CNCC(c2ccco2)N2CCCC2)cn1. The maximum absolute atomic E-state index is 5.63. The zero-order valence-electron chi connectivity index (χ0n) is 12.6. The Kier molecular flexibility index (Phi) is 4.68. The van der Waals surface area contributed by atoms with Gasteiger partial charge in [0.1, 0.15) is 5.76 Å². The van der Waals surface area contributed by atoms with Gasteiger partial charge in [0.2, 0.25) is 0 Å². The van der Waals surface area contributed by atoms with E-state index in [1.165, 1.54) is 31.5 Å². The summed E-state index contributed by atoms with van der Waals surface area (Å²) in [6.07, 6.45) is 6.29. The number of nitrogens with zero attached hydrogens (tertiary/aromatic N) is 2. The maximum atomic E-state index is 5.63. The first-order valence-electron chi connectivity index (χ1n) is 7.72. The van der Waals surface area contributed by atoms with Crippen LogP contribution in [-0.4, -0.2) is 29.5 Å². The van der Waals surface area contributed by atoms with Crippen LogP contribution in [0.2, 0.25) is 0 Å². The Morgan fingerprint density at radius 1 is 1.29 bits per heavy atom. The van der Waals surface area contributed by atoms with E-state index in [1.807, 2.05) is 19.2 Å². The van der Waals surface area contributed by atoms with Gasteiger partial charge in [-0.3, -0.25) is 9.88 Å². The van der Waals surface area contributed by atoms with Gasteiger partial charge in [-0.25, -0.2) is 0 Å². The van der Waals surface area contributed by atoms with Crippen LogP contribution >= 0.6 is 0 Å². The molecule has 1 aliphatic rings. The fraction of sp³-hybridized carbons (Fsp3) is 0.471.